The summed E-state index contributed by atoms with van der Waals surface area (Å²) in [6.07, 6.45) is 1.83. The topological polar surface area (TPSA) is 26.0 Å². The van der Waals surface area contributed by atoms with Crippen LogP contribution in [0.5, 0.6) is 0 Å². The average Bonchev–Trinajstić information content (AvgIpc) is 2.13. The molecule has 4 heteroatoms. The second kappa shape index (κ2) is 5.22. The highest BCUT2D eigenvalue weighted by atomic mass is 35.5. The lowest BCUT2D eigenvalue weighted by Crippen LogP contribution is -2.11. The van der Waals surface area contributed by atoms with Crippen molar-refractivity contribution in [3.63, 3.8) is 0 Å². The molecule has 0 heterocycles. The van der Waals surface area contributed by atoms with Crippen molar-refractivity contribution in [2.24, 2.45) is 5.73 Å². The summed E-state index contributed by atoms with van der Waals surface area (Å²) in [5, 5.41) is 1.55. The SMILES string of the molecule is CCCC(N)c1c(Cl)ccc(Cl)c1Cl. The van der Waals surface area contributed by atoms with Crippen LogP contribution in [0.4, 0.5) is 0 Å². The molecular weight excluding hydrogens is 240 g/mol. The molecule has 1 nitrogen and oxygen atoms in total. The number of nitrogens with two attached hydrogens (primary N) is 1. The molecule has 78 valence electrons. The van der Waals surface area contributed by atoms with Crippen molar-refractivity contribution in [1.29, 1.82) is 0 Å². The first-order valence-corrected chi connectivity index (χ1v) is 5.60. The number of benzene rings is 1. The van der Waals surface area contributed by atoms with Gasteiger partial charge in [-0.15, -0.1) is 0 Å². The van der Waals surface area contributed by atoms with Crippen molar-refractivity contribution in [3.8, 4) is 0 Å². The van der Waals surface area contributed by atoms with E-state index in [0.717, 1.165) is 18.4 Å². The Labute approximate surface area is 99.1 Å². The molecule has 0 aliphatic heterocycles. The Bertz CT molecular complexity index is 325. The zero-order valence-corrected chi connectivity index (χ0v) is 10.1. The van der Waals surface area contributed by atoms with Gasteiger partial charge in [0.05, 0.1) is 10.0 Å². The Hall–Kier alpha value is 0.0500. The molecular formula is C10H12Cl3N. The summed E-state index contributed by atoms with van der Waals surface area (Å²) < 4.78 is 0. The molecule has 2 N–H and O–H groups in total. The first-order valence-electron chi connectivity index (χ1n) is 4.46. The lowest BCUT2D eigenvalue weighted by Gasteiger charge is -2.15. The normalized spacial score (nSPS) is 12.9. The maximum atomic E-state index is 6.03. The van der Waals surface area contributed by atoms with Crippen LogP contribution in [0.2, 0.25) is 15.1 Å². The third-order valence-corrected chi connectivity index (χ3v) is 3.20. The molecule has 0 aliphatic rings. The van der Waals surface area contributed by atoms with Crippen LogP contribution in [-0.4, -0.2) is 0 Å². The molecule has 0 aliphatic carbocycles. The third kappa shape index (κ3) is 2.54. The zero-order valence-electron chi connectivity index (χ0n) is 7.86. The summed E-state index contributed by atoms with van der Waals surface area (Å²) in [5.74, 6) is 0. The van der Waals surface area contributed by atoms with E-state index in [1.54, 1.807) is 12.1 Å². The molecule has 0 bridgehead atoms. The van der Waals surface area contributed by atoms with Gasteiger partial charge in [-0.25, -0.2) is 0 Å². The van der Waals surface area contributed by atoms with Crippen molar-refractivity contribution in [3.05, 3.63) is 32.8 Å². The van der Waals surface area contributed by atoms with E-state index in [2.05, 4.69) is 6.92 Å². The van der Waals surface area contributed by atoms with Gasteiger partial charge in [0.2, 0.25) is 0 Å². The fourth-order valence-corrected chi connectivity index (χ4v) is 2.15. The van der Waals surface area contributed by atoms with Crippen LogP contribution in [0, 0.1) is 0 Å². The van der Waals surface area contributed by atoms with Gasteiger partial charge in [0, 0.05) is 16.6 Å². The predicted octanol–water partition coefficient (Wildman–Crippen LogP) is 4.45. The van der Waals surface area contributed by atoms with Crippen LogP contribution in [0.1, 0.15) is 31.4 Å². The van der Waals surface area contributed by atoms with E-state index >= 15 is 0 Å². The second-order valence-corrected chi connectivity index (χ2v) is 4.34. The minimum atomic E-state index is -0.140. The van der Waals surface area contributed by atoms with E-state index in [-0.39, 0.29) is 6.04 Å². The first kappa shape index (κ1) is 12.1. The number of halogens is 3. The van der Waals surface area contributed by atoms with Crippen molar-refractivity contribution >= 4 is 34.8 Å². The maximum absolute atomic E-state index is 6.03. The van der Waals surface area contributed by atoms with E-state index in [1.165, 1.54) is 0 Å². The minimum Gasteiger partial charge on any atom is -0.324 e. The minimum absolute atomic E-state index is 0.140. The van der Waals surface area contributed by atoms with Gasteiger partial charge in [-0.1, -0.05) is 48.1 Å². The Morgan fingerprint density at radius 3 is 2.36 bits per heavy atom. The van der Waals surface area contributed by atoms with E-state index in [0.29, 0.717) is 15.1 Å². The second-order valence-electron chi connectivity index (χ2n) is 3.15. The monoisotopic (exact) mass is 251 g/mol. The highest BCUT2D eigenvalue weighted by Crippen LogP contribution is 2.36. The molecule has 1 aromatic rings. The summed E-state index contributed by atoms with van der Waals surface area (Å²) in [6, 6.07) is 3.26. The summed E-state index contributed by atoms with van der Waals surface area (Å²) in [5.41, 5.74) is 6.70. The van der Waals surface area contributed by atoms with E-state index < -0.39 is 0 Å². The van der Waals surface area contributed by atoms with Crippen molar-refractivity contribution in [1.82, 2.24) is 0 Å². The molecule has 0 saturated heterocycles. The molecule has 0 amide bonds. The highest BCUT2D eigenvalue weighted by Gasteiger charge is 2.15. The molecule has 14 heavy (non-hydrogen) atoms. The van der Waals surface area contributed by atoms with Gasteiger partial charge in [-0.05, 0) is 18.6 Å². The van der Waals surface area contributed by atoms with Gasteiger partial charge in [0.15, 0.2) is 0 Å². The molecule has 0 radical (unpaired) electrons. The molecule has 0 saturated carbocycles. The van der Waals surface area contributed by atoms with Crippen molar-refractivity contribution in [2.75, 3.05) is 0 Å². The quantitative estimate of drug-likeness (QED) is 0.791. The fraction of sp³-hybridized carbons (Fsp3) is 0.400. The molecule has 1 unspecified atom stereocenters. The highest BCUT2D eigenvalue weighted by molar-refractivity contribution is 6.44. The smallest absolute Gasteiger partial charge is 0.0654 e. The number of rotatable bonds is 3. The van der Waals surface area contributed by atoms with E-state index in [4.69, 9.17) is 40.5 Å². The van der Waals surface area contributed by atoms with Crippen LogP contribution in [0.25, 0.3) is 0 Å². The van der Waals surface area contributed by atoms with Crippen LogP contribution < -0.4 is 5.73 Å². The standard InChI is InChI=1S/C10H12Cl3N/c1-2-3-8(14)9-6(11)4-5-7(12)10(9)13/h4-5,8H,2-3,14H2,1H3. The molecule has 1 aromatic carbocycles. The molecule has 0 aromatic heterocycles. The van der Waals surface area contributed by atoms with Gasteiger partial charge >= 0.3 is 0 Å². The number of hydrogen-bond donors (Lipinski definition) is 1. The largest absolute Gasteiger partial charge is 0.324 e. The first-order chi connectivity index (χ1) is 6.57. The van der Waals surface area contributed by atoms with Crippen molar-refractivity contribution < 1.29 is 0 Å². The Balaban J connectivity index is 3.11. The fourth-order valence-electron chi connectivity index (χ4n) is 1.34. The Kier molecular flexibility index (Phi) is 4.52. The lowest BCUT2D eigenvalue weighted by atomic mass is 10.0. The van der Waals surface area contributed by atoms with Crippen molar-refractivity contribution in [2.45, 2.75) is 25.8 Å². The van der Waals surface area contributed by atoms with Gasteiger partial charge in [0.1, 0.15) is 0 Å². The molecule has 0 fully saturated rings. The van der Waals surface area contributed by atoms with Crippen LogP contribution in [0.15, 0.2) is 12.1 Å². The van der Waals surface area contributed by atoms with Crippen LogP contribution >= 0.6 is 34.8 Å². The van der Waals surface area contributed by atoms with Crippen LogP contribution in [0.3, 0.4) is 0 Å². The summed E-state index contributed by atoms with van der Waals surface area (Å²) in [4.78, 5) is 0. The predicted molar refractivity (Wildman–Crippen MR) is 63.3 cm³/mol. The molecule has 1 rings (SSSR count). The number of hydrogen-bond acceptors (Lipinski definition) is 1. The third-order valence-electron chi connectivity index (χ3n) is 2.05. The van der Waals surface area contributed by atoms with E-state index in [9.17, 15) is 0 Å². The zero-order chi connectivity index (χ0) is 10.7. The van der Waals surface area contributed by atoms with Gasteiger partial charge in [-0.3, -0.25) is 0 Å². The molecule has 1 atom stereocenters. The van der Waals surface area contributed by atoms with Gasteiger partial charge in [-0.2, -0.15) is 0 Å². The molecule has 0 spiro atoms. The van der Waals surface area contributed by atoms with Gasteiger partial charge in [0.25, 0.3) is 0 Å². The van der Waals surface area contributed by atoms with E-state index in [1.807, 2.05) is 0 Å². The Morgan fingerprint density at radius 1 is 1.21 bits per heavy atom. The summed E-state index contributed by atoms with van der Waals surface area (Å²) in [6.45, 7) is 2.06. The summed E-state index contributed by atoms with van der Waals surface area (Å²) >= 11 is 17.9. The Morgan fingerprint density at radius 2 is 1.79 bits per heavy atom. The average molecular weight is 253 g/mol. The van der Waals surface area contributed by atoms with Crippen LogP contribution in [-0.2, 0) is 0 Å². The van der Waals surface area contributed by atoms with Gasteiger partial charge < -0.3 is 5.73 Å². The maximum Gasteiger partial charge on any atom is 0.0654 e. The summed E-state index contributed by atoms with van der Waals surface area (Å²) in [7, 11) is 0. The lowest BCUT2D eigenvalue weighted by molar-refractivity contribution is 0.639.